The van der Waals surface area contributed by atoms with Crippen LogP contribution in [0.3, 0.4) is 0 Å². The van der Waals surface area contributed by atoms with Gasteiger partial charge in [0.15, 0.2) is 11.5 Å². The first-order valence-corrected chi connectivity index (χ1v) is 7.09. The van der Waals surface area contributed by atoms with Crippen molar-refractivity contribution in [3.8, 4) is 11.5 Å². The Balaban J connectivity index is 2.50. The van der Waals surface area contributed by atoms with E-state index in [-0.39, 0.29) is 0 Å². The second-order valence-electron chi connectivity index (χ2n) is 4.15. The molecule has 0 saturated carbocycles. The molecule has 0 amide bonds. The van der Waals surface area contributed by atoms with Crippen LogP contribution >= 0.6 is 27.5 Å². The van der Waals surface area contributed by atoms with Crippen LogP contribution in [0, 0.1) is 0 Å². The number of methoxy groups -OCH3 is 2. The normalized spacial score (nSPS) is 12.1. The molecule has 0 spiro atoms. The van der Waals surface area contributed by atoms with Crippen molar-refractivity contribution in [3.05, 3.63) is 57.0 Å². The van der Waals surface area contributed by atoms with Gasteiger partial charge in [-0.15, -0.1) is 0 Å². The van der Waals surface area contributed by atoms with Crippen molar-refractivity contribution in [2.45, 2.75) is 6.10 Å². The van der Waals surface area contributed by atoms with Crippen molar-refractivity contribution >= 4 is 27.5 Å². The maximum atomic E-state index is 10.5. The van der Waals surface area contributed by atoms with Crippen molar-refractivity contribution in [1.29, 1.82) is 0 Å². The van der Waals surface area contributed by atoms with E-state index in [1.54, 1.807) is 38.5 Å². The highest BCUT2D eigenvalue weighted by atomic mass is 79.9. The van der Waals surface area contributed by atoms with Gasteiger partial charge in [-0.2, -0.15) is 0 Å². The molecule has 0 aliphatic carbocycles. The van der Waals surface area contributed by atoms with Crippen LogP contribution in [0.5, 0.6) is 11.5 Å². The first-order chi connectivity index (χ1) is 9.58. The molecule has 0 radical (unpaired) electrons. The van der Waals surface area contributed by atoms with Crippen molar-refractivity contribution in [2.24, 2.45) is 0 Å². The summed E-state index contributed by atoms with van der Waals surface area (Å²) in [5.41, 5.74) is 1.30. The van der Waals surface area contributed by atoms with E-state index in [1.807, 2.05) is 12.1 Å². The number of halogens is 2. The third-order valence-electron chi connectivity index (χ3n) is 3.00. The summed E-state index contributed by atoms with van der Waals surface area (Å²) in [5.74, 6) is 1.14. The number of ether oxygens (including phenoxy) is 2. The van der Waals surface area contributed by atoms with Crippen molar-refractivity contribution in [2.75, 3.05) is 14.2 Å². The van der Waals surface area contributed by atoms with Gasteiger partial charge in [0.05, 0.1) is 14.2 Å². The summed E-state index contributed by atoms with van der Waals surface area (Å²) < 4.78 is 11.2. The Labute approximate surface area is 131 Å². The lowest BCUT2D eigenvalue weighted by Gasteiger charge is -2.17. The number of rotatable bonds is 4. The molecule has 1 unspecified atom stereocenters. The maximum absolute atomic E-state index is 10.5. The molecular formula is C15H14BrClO3. The summed E-state index contributed by atoms with van der Waals surface area (Å²) in [6.07, 6.45) is -0.849. The number of hydrogen-bond acceptors (Lipinski definition) is 3. The SMILES string of the molecule is COc1cc(Br)c(C(O)c2ccccc2Cl)cc1OC. The molecule has 0 aliphatic heterocycles. The Morgan fingerprint density at radius 3 is 2.25 bits per heavy atom. The lowest BCUT2D eigenvalue weighted by molar-refractivity contribution is 0.218. The predicted octanol–water partition coefficient (Wildman–Crippen LogP) is 4.20. The zero-order valence-corrected chi connectivity index (χ0v) is 13.4. The first-order valence-electron chi connectivity index (χ1n) is 5.92. The molecule has 0 fully saturated rings. The minimum atomic E-state index is -0.849. The first kappa shape index (κ1) is 15.2. The standard InChI is InChI=1S/C15H14BrClO3/c1-19-13-7-10(11(16)8-14(13)20-2)15(18)9-5-3-4-6-12(9)17/h3-8,15,18H,1-2H3. The van der Waals surface area contributed by atoms with Crippen molar-refractivity contribution < 1.29 is 14.6 Å². The number of hydrogen-bond donors (Lipinski definition) is 1. The lowest BCUT2D eigenvalue weighted by Crippen LogP contribution is -2.03. The molecule has 106 valence electrons. The fraction of sp³-hybridized carbons (Fsp3) is 0.200. The predicted molar refractivity (Wildman–Crippen MR) is 82.8 cm³/mol. The van der Waals surface area contributed by atoms with E-state index in [0.717, 1.165) is 4.47 Å². The smallest absolute Gasteiger partial charge is 0.161 e. The summed E-state index contributed by atoms with van der Waals surface area (Å²) in [7, 11) is 3.12. The van der Waals surface area contributed by atoms with Gasteiger partial charge in [0.25, 0.3) is 0 Å². The Kier molecular flexibility index (Phi) is 4.91. The van der Waals surface area contributed by atoms with E-state index >= 15 is 0 Å². The average molecular weight is 358 g/mol. The van der Waals surface area contributed by atoms with Gasteiger partial charge in [-0.05, 0) is 18.2 Å². The number of aliphatic hydroxyl groups is 1. The van der Waals surface area contributed by atoms with Gasteiger partial charge in [-0.3, -0.25) is 0 Å². The summed E-state index contributed by atoms with van der Waals surface area (Å²) in [5, 5.41) is 11.0. The van der Waals surface area contributed by atoms with Crippen LogP contribution in [-0.4, -0.2) is 19.3 Å². The van der Waals surface area contributed by atoms with Gasteiger partial charge in [-0.25, -0.2) is 0 Å². The van der Waals surface area contributed by atoms with E-state index < -0.39 is 6.10 Å². The van der Waals surface area contributed by atoms with E-state index in [0.29, 0.717) is 27.6 Å². The quantitative estimate of drug-likeness (QED) is 0.891. The topological polar surface area (TPSA) is 38.7 Å². The molecule has 2 aromatic carbocycles. The molecule has 2 aromatic rings. The Morgan fingerprint density at radius 1 is 1.05 bits per heavy atom. The van der Waals surface area contributed by atoms with E-state index in [2.05, 4.69) is 15.9 Å². The number of aliphatic hydroxyl groups excluding tert-OH is 1. The van der Waals surface area contributed by atoms with Gasteiger partial charge in [0.2, 0.25) is 0 Å². The molecule has 0 aliphatic rings. The molecule has 0 bridgehead atoms. The van der Waals surface area contributed by atoms with E-state index in [9.17, 15) is 5.11 Å². The Morgan fingerprint density at radius 2 is 1.65 bits per heavy atom. The second kappa shape index (κ2) is 6.48. The zero-order chi connectivity index (χ0) is 14.7. The van der Waals surface area contributed by atoms with Gasteiger partial charge in [-0.1, -0.05) is 45.7 Å². The summed E-state index contributed by atoms with van der Waals surface area (Å²) in [4.78, 5) is 0. The molecule has 0 heterocycles. The summed E-state index contributed by atoms with van der Waals surface area (Å²) >= 11 is 9.56. The monoisotopic (exact) mass is 356 g/mol. The highest BCUT2D eigenvalue weighted by Crippen LogP contribution is 2.39. The highest BCUT2D eigenvalue weighted by molar-refractivity contribution is 9.10. The summed E-state index contributed by atoms with van der Waals surface area (Å²) in [6, 6.07) is 10.7. The second-order valence-corrected chi connectivity index (χ2v) is 5.41. The van der Waals surface area contributed by atoms with Crippen LogP contribution in [0.25, 0.3) is 0 Å². The van der Waals surface area contributed by atoms with Crippen molar-refractivity contribution in [3.63, 3.8) is 0 Å². The zero-order valence-electron chi connectivity index (χ0n) is 11.1. The van der Waals surface area contributed by atoms with Crippen LogP contribution in [0.2, 0.25) is 5.02 Å². The van der Waals surface area contributed by atoms with Crippen LogP contribution in [0.4, 0.5) is 0 Å². The fourth-order valence-electron chi connectivity index (χ4n) is 1.94. The molecule has 20 heavy (non-hydrogen) atoms. The third-order valence-corrected chi connectivity index (χ3v) is 4.03. The lowest BCUT2D eigenvalue weighted by atomic mass is 10.0. The highest BCUT2D eigenvalue weighted by Gasteiger charge is 2.19. The minimum absolute atomic E-state index is 0.515. The average Bonchev–Trinajstić information content (AvgIpc) is 2.46. The molecule has 3 nitrogen and oxygen atoms in total. The Bertz CT molecular complexity index is 616. The van der Waals surface area contributed by atoms with Crippen LogP contribution in [0.1, 0.15) is 17.2 Å². The Hall–Kier alpha value is -1.23. The molecule has 0 saturated heterocycles. The van der Waals surface area contributed by atoms with Crippen LogP contribution in [0.15, 0.2) is 40.9 Å². The third kappa shape index (κ3) is 2.92. The van der Waals surface area contributed by atoms with Crippen LogP contribution in [-0.2, 0) is 0 Å². The van der Waals surface area contributed by atoms with Gasteiger partial charge in [0, 0.05) is 20.6 Å². The van der Waals surface area contributed by atoms with Gasteiger partial charge >= 0.3 is 0 Å². The molecule has 2 rings (SSSR count). The molecule has 0 aromatic heterocycles. The minimum Gasteiger partial charge on any atom is -0.493 e. The number of benzene rings is 2. The molecule has 1 atom stereocenters. The van der Waals surface area contributed by atoms with Crippen molar-refractivity contribution in [1.82, 2.24) is 0 Å². The van der Waals surface area contributed by atoms with E-state index in [1.165, 1.54) is 0 Å². The molecule has 1 N–H and O–H groups in total. The fourth-order valence-corrected chi connectivity index (χ4v) is 2.72. The summed E-state index contributed by atoms with van der Waals surface area (Å²) in [6.45, 7) is 0. The molecule has 5 heteroatoms. The maximum Gasteiger partial charge on any atom is 0.161 e. The largest absolute Gasteiger partial charge is 0.493 e. The molecular weight excluding hydrogens is 344 g/mol. The van der Waals surface area contributed by atoms with Gasteiger partial charge < -0.3 is 14.6 Å². The van der Waals surface area contributed by atoms with Gasteiger partial charge in [0.1, 0.15) is 6.10 Å². The van der Waals surface area contributed by atoms with Crippen LogP contribution < -0.4 is 9.47 Å². The van der Waals surface area contributed by atoms with E-state index in [4.69, 9.17) is 21.1 Å².